The van der Waals surface area contributed by atoms with Crippen LogP contribution >= 0.6 is 0 Å². The van der Waals surface area contributed by atoms with Gasteiger partial charge < -0.3 is 10.1 Å². The minimum atomic E-state index is 0.573. The van der Waals surface area contributed by atoms with Crippen molar-refractivity contribution in [1.29, 1.82) is 5.41 Å². The van der Waals surface area contributed by atoms with Gasteiger partial charge in [-0.25, -0.2) is 0 Å². The molecule has 0 bridgehead atoms. The summed E-state index contributed by atoms with van der Waals surface area (Å²) in [6.07, 6.45) is 6.29. The first-order valence-electron chi connectivity index (χ1n) is 6.59. The van der Waals surface area contributed by atoms with Crippen LogP contribution in [0.1, 0.15) is 29.5 Å². The number of ether oxygens (including phenoxy) is 1. The van der Waals surface area contributed by atoms with Crippen LogP contribution in [0.5, 0.6) is 0 Å². The van der Waals surface area contributed by atoms with Crippen LogP contribution in [0.3, 0.4) is 0 Å². The second-order valence-corrected chi connectivity index (χ2v) is 5.04. The Morgan fingerprint density at radius 2 is 2.00 bits per heavy atom. The van der Waals surface area contributed by atoms with E-state index in [1.165, 1.54) is 11.1 Å². The predicted octanol–water partition coefficient (Wildman–Crippen LogP) is 3.65. The Bertz CT molecular complexity index is 456. The van der Waals surface area contributed by atoms with Gasteiger partial charge in [0.05, 0.1) is 5.71 Å². The van der Waals surface area contributed by atoms with E-state index in [1.54, 1.807) is 0 Å². The number of allylic oxidation sites excluding steroid dienone is 2. The SMILES string of the molecule is Cc1ccc(C)c(C(=N)/C=C\C2CCOCC2)c1. The van der Waals surface area contributed by atoms with Crippen molar-refractivity contribution in [1.82, 2.24) is 0 Å². The summed E-state index contributed by atoms with van der Waals surface area (Å²) in [6.45, 7) is 5.83. The first-order valence-corrected chi connectivity index (χ1v) is 6.59. The first kappa shape index (κ1) is 13.0. The summed E-state index contributed by atoms with van der Waals surface area (Å²) in [7, 11) is 0. The van der Waals surface area contributed by atoms with Gasteiger partial charge in [-0.1, -0.05) is 23.8 Å². The standard InChI is InChI=1S/C16H21NO/c1-12-3-4-13(2)15(11-12)16(17)6-5-14-7-9-18-10-8-14/h3-6,11,14,17H,7-10H2,1-2H3/b6-5-,17-16?. The van der Waals surface area contributed by atoms with E-state index < -0.39 is 0 Å². The topological polar surface area (TPSA) is 33.1 Å². The smallest absolute Gasteiger partial charge is 0.0611 e. The van der Waals surface area contributed by atoms with E-state index in [9.17, 15) is 0 Å². The molecule has 0 atom stereocenters. The van der Waals surface area contributed by atoms with Crippen LogP contribution in [0.25, 0.3) is 0 Å². The molecule has 0 aromatic heterocycles. The van der Waals surface area contributed by atoms with E-state index in [1.807, 2.05) is 6.08 Å². The van der Waals surface area contributed by atoms with Gasteiger partial charge in [0, 0.05) is 18.8 Å². The molecule has 2 heteroatoms. The molecule has 1 N–H and O–H groups in total. The molecule has 1 aliphatic heterocycles. The maximum absolute atomic E-state index is 8.17. The van der Waals surface area contributed by atoms with E-state index >= 15 is 0 Å². The van der Waals surface area contributed by atoms with E-state index in [0.29, 0.717) is 11.6 Å². The highest BCUT2D eigenvalue weighted by Crippen LogP contribution is 2.17. The zero-order valence-electron chi connectivity index (χ0n) is 11.2. The molecular formula is C16H21NO. The number of aryl methyl sites for hydroxylation is 2. The quantitative estimate of drug-likeness (QED) is 0.808. The number of rotatable bonds is 3. The summed E-state index contributed by atoms with van der Waals surface area (Å²) in [5.74, 6) is 0.573. The highest BCUT2D eigenvalue weighted by atomic mass is 16.5. The molecule has 1 aliphatic rings. The molecule has 0 saturated carbocycles. The summed E-state index contributed by atoms with van der Waals surface area (Å²) >= 11 is 0. The van der Waals surface area contributed by atoms with Gasteiger partial charge in [-0.3, -0.25) is 0 Å². The second-order valence-electron chi connectivity index (χ2n) is 5.04. The fourth-order valence-corrected chi connectivity index (χ4v) is 2.26. The van der Waals surface area contributed by atoms with Crippen molar-refractivity contribution >= 4 is 5.71 Å². The van der Waals surface area contributed by atoms with Crippen LogP contribution in [-0.4, -0.2) is 18.9 Å². The fourth-order valence-electron chi connectivity index (χ4n) is 2.26. The van der Waals surface area contributed by atoms with Gasteiger partial charge in [-0.2, -0.15) is 0 Å². The predicted molar refractivity (Wildman–Crippen MR) is 75.4 cm³/mol. The lowest BCUT2D eigenvalue weighted by Crippen LogP contribution is -2.14. The molecule has 0 radical (unpaired) electrons. The van der Waals surface area contributed by atoms with Crippen molar-refractivity contribution in [2.24, 2.45) is 5.92 Å². The molecule has 96 valence electrons. The minimum absolute atomic E-state index is 0.573. The second kappa shape index (κ2) is 5.96. The molecule has 1 heterocycles. The summed E-state index contributed by atoms with van der Waals surface area (Å²) in [5, 5.41) is 8.17. The van der Waals surface area contributed by atoms with Crippen molar-refractivity contribution in [2.75, 3.05) is 13.2 Å². The Morgan fingerprint density at radius 3 is 2.72 bits per heavy atom. The lowest BCUT2D eigenvalue weighted by atomic mass is 9.96. The number of nitrogens with one attached hydrogen (secondary N) is 1. The molecule has 1 aromatic carbocycles. The summed E-state index contributed by atoms with van der Waals surface area (Å²) in [5.41, 5.74) is 4.03. The molecule has 1 fully saturated rings. The van der Waals surface area contributed by atoms with Crippen LogP contribution < -0.4 is 0 Å². The van der Waals surface area contributed by atoms with Crippen LogP contribution in [-0.2, 0) is 4.74 Å². The number of hydrogen-bond donors (Lipinski definition) is 1. The average Bonchev–Trinajstić information content (AvgIpc) is 2.40. The van der Waals surface area contributed by atoms with Crippen LogP contribution in [0.15, 0.2) is 30.4 Å². The highest BCUT2D eigenvalue weighted by Gasteiger charge is 2.10. The van der Waals surface area contributed by atoms with Crippen LogP contribution in [0.4, 0.5) is 0 Å². The van der Waals surface area contributed by atoms with E-state index in [4.69, 9.17) is 10.1 Å². The monoisotopic (exact) mass is 243 g/mol. The number of benzene rings is 1. The zero-order valence-corrected chi connectivity index (χ0v) is 11.2. The van der Waals surface area contributed by atoms with Gasteiger partial charge in [-0.15, -0.1) is 0 Å². The third-order valence-corrected chi connectivity index (χ3v) is 3.48. The van der Waals surface area contributed by atoms with Crippen molar-refractivity contribution < 1.29 is 4.74 Å². The molecule has 18 heavy (non-hydrogen) atoms. The Labute approximate surface area is 109 Å². The molecule has 0 amide bonds. The van der Waals surface area contributed by atoms with Crippen molar-refractivity contribution in [3.8, 4) is 0 Å². The Kier molecular flexibility index (Phi) is 4.32. The Morgan fingerprint density at radius 1 is 1.28 bits per heavy atom. The van der Waals surface area contributed by atoms with Crippen LogP contribution in [0.2, 0.25) is 0 Å². The minimum Gasteiger partial charge on any atom is -0.381 e. The molecule has 0 unspecified atom stereocenters. The molecule has 0 aliphatic carbocycles. The maximum atomic E-state index is 8.17. The lowest BCUT2D eigenvalue weighted by Gasteiger charge is -2.18. The molecule has 0 spiro atoms. The Balaban J connectivity index is 2.06. The zero-order chi connectivity index (χ0) is 13.0. The van der Waals surface area contributed by atoms with Gasteiger partial charge in [-0.05, 0) is 50.3 Å². The average molecular weight is 243 g/mol. The van der Waals surface area contributed by atoms with E-state index in [0.717, 1.165) is 31.6 Å². The van der Waals surface area contributed by atoms with Gasteiger partial charge in [0.15, 0.2) is 0 Å². The van der Waals surface area contributed by atoms with Crippen LogP contribution in [0, 0.1) is 25.2 Å². The third kappa shape index (κ3) is 3.30. The highest BCUT2D eigenvalue weighted by molar-refractivity contribution is 6.07. The van der Waals surface area contributed by atoms with Gasteiger partial charge in [0.1, 0.15) is 0 Å². The van der Waals surface area contributed by atoms with Crippen molar-refractivity contribution in [3.63, 3.8) is 0 Å². The molecule has 1 aromatic rings. The number of hydrogen-bond acceptors (Lipinski definition) is 2. The molecule has 2 nitrogen and oxygen atoms in total. The van der Waals surface area contributed by atoms with Gasteiger partial charge >= 0.3 is 0 Å². The summed E-state index contributed by atoms with van der Waals surface area (Å²) in [4.78, 5) is 0. The summed E-state index contributed by atoms with van der Waals surface area (Å²) in [6, 6.07) is 6.27. The normalized spacial score (nSPS) is 17.2. The van der Waals surface area contributed by atoms with Crippen molar-refractivity contribution in [3.05, 3.63) is 47.0 Å². The molecular weight excluding hydrogens is 222 g/mol. The molecule has 1 saturated heterocycles. The largest absolute Gasteiger partial charge is 0.381 e. The molecule has 2 rings (SSSR count). The maximum Gasteiger partial charge on any atom is 0.0611 e. The van der Waals surface area contributed by atoms with Crippen molar-refractivity contribution in [2.45, 2.75) is 26.7 Å². The van der Waals surface area contributed by atoms with Gasteiger partial charge in [0.25, 0.3) is 0 Å². The lowest BCUT2D eigenvalue weighted by molar-refractivity contribution is 0.0786. The van der Waals surface area contributed by atoms with E-state index in [-0.39, 0.29) is 0 Å². The Hall–Kier alpha value is -1.41. The fraction of sp³-hybridized carbons (Fsp3) is 0.438. The third-order valence-electron chi connectivity index (χ3n) is 3.48. The van der Waals surface area contributed by atoms with E-state index in [2.05, 4.69) is 38.1 Å². The van der Waals surface area contributed by atoms with Gasteiger partial charge in [0.2, 0.25) is 0 Å². The first-order chi connectivity index (χ1) is 8.66. The summed E-state index contributed by atoms with van der Waals surface area (Å²) < 4.78 is 5.34.